The van der Waals surface area contributed by atoms with Gasteiger partial charge in [-0.15, -0.1) is 0 Å². The molecule has 0 saturated carbocycles. The van der Waals surface area contributed by atoms with E-state index in [-0.39, 0.29) is 12.1 Å². The van der Waals surface area contributed by atoms with Gasteiger partial charge < -0.3 is 9.47 Å². The highest BCUT2D eigenvalue weighted by atomic mass is 35.5. The van der Waals surface area contributed by atoms with Gasteiger partial charge in [-0.3, -0.25) is 9.59 Å². The maximum atomic E-state index is 12.5. The van der Waals surface area contributed by atoms with Crippen molar-refractivity contribution < 1.29 is 23.9 Å². The normalized spacial score (nSPS) is 11.1. The summed E-state index contributed by atoms with van der Waals surface area (Å²) in [5, 5.41) is -0.548. The Morgan fingerprint density at radius 3 is 1.60 bits per heavy atom. The smallest absolute Gasteiger partial charge is 0.338 e. The number of carbonyl (C=O) groups is 3. The minimum Gasteiger partial charge on any atom is -0.462 e. The van der Waals surface area contributed by atoms with Crippen LogP contribution in [-0.2, 0) is 14.3 Å². The first-order valence-corrected chi connectivity index (χ1v) is 16.5. The van der Waals surface area contributed by atoms with Crippen molar-refractivity contribution in [2.75, 3.05) is 6.61 Å². The van der Waals surface area contributed by atoms with Gasteiger partial charge in [-0.2, -0.15) is 0 Å². The predicted octanol–water partition coefficient (Wildman–Crippen LogP) is 10.4. The largest absolute Gasteiger partial charge is 0.462 e. The molecule has 0 atom stereocenters. The van der Waals surface area contributed by atoms with E-state index < -0.39 is 11.2 Å². The van der Waals surface area contributed by atoms with Crippen molar-refractivity contribution in [3.8, 4) is 0 Å². The quantitative estimate of drug-likeness (QED) is 0.0621. The molecule has 228 valence electrons. The molecular formula is C34H55ClO5. The van der Waals surface area contributed by atoms with Crippen LogP contribution in [0.3, 0.4) is 0 Å². The number of unbranched alkanes of at least 4 members (excludes halogenated alkanes) is 15. The first-order chi connectivity index (χ1) is 19.5. The highest BCUT2D eigenvalue weighted by Crippen LogP contribution is 2.18. The zero-order valence-corrected chi connectivity index (χ0v) is 26.1. The fourth-order valence-corrected chi connectivity index (χ4v) is 5.00. The summed E-state index contributed by atoms with van der Waals surface area (Å²) >= 11 is 5.42. The van der Waals surface area contributed by atoms with Crippen LogP contribution in [0, 0.1) is 0 Å². The van der Waals surface area contributed by atoms with E-state index in [9.17, 15) is 14.4 Å². The summed E-state index contributed by atoms with van der Waals surface area (Å²) in [6, 6.07) is 6.14. The molecule has 0 radical (unpaired) electrons. The van der Waals surface area contributed by atoms with Gasteiger partial charge in [0.25, 0.3) is 5.24 Å². The third-order valence-electron chi connectivity index (χ3n) is 7.41. The number of esters is 2. The van der Waals surface area contributed by atoms with E-state index in [1.165, 1.54) is 76.3 Å². The maximum absolute atomic E-state index is 12.5. The Labute approximate surface area is 249 Å². The number of carbonyl (C=O) groups excluding carboxylic acids is 3. The fraction of sp³-hybridized carbons (Fsp3) is 0.735. The van der Waals surface area contributed by atoms with Crippen LogP contribution in [0.15, 0.2) is 24.3 Å². The van der Waals surface area contributed by atoms with E-state index in [4.69, 9.17) is 21.1 Å². The van der Waals surface area contributed by atoms with Crippen molar-refractivity contribution >= 4 is 28.8 Å². The molecule has 1 aromatic rings. The van der Waals surface area contributed by atoms with Crippen molar-refractivity contribution in [3.05, 3.63) is 35.4 Å². The van der Waals surface area contributed by atoms with Gasteiger partial charge in [0, 0.05) is 12.0 Å². The minimum atomic E-state index is -0.548. The predicted molar refractivity (Wildman–Crippen MR) is 165 cm³/mol. The SMILES string of the molecule is CCCCCCCCC(CCCCCCCC)OC(=O)CCCCCCCCOC(=O)c1ccc(C(=O)Cl)cc1. The summed E-state index contributed by atoms with van der Waals surface area (Å²) in [6.07, 6.45) is 23.6. The van der Waals surface area contributed by atoms with Gasteiger partial charge in [0.1, 0.15) is 6.10 Å². The Bertz CT molecular complexity index is 776. The number of hydrogen-bond donors (Lipinski definition) is 0. The Balaban J connectivity index is 2.14. The topological polar surface area (TPSA) is 69.7 Å². The maximum Gasteiger partial charge on any atom is 0.338 e. The standard InChI is InChI=1S/C34H55ClO5/c1-3-5-7-9-13-17-21-31(22-18-14-10-8-6-4-2)40-32(36)23-19-15-11-12-16-20-28-39-34(38)30-26-24-29(25-27-30)33(35)37/h24-27,31H,3-23,28H2,1-2H3. The van der Waals surface area contributed by atoms with Crippen molar-refractivity contribution in [3.63, 3.8) is 0 Å². The minimum absolute atomic E-state index is 0.0303. The number of hydrogen-bond acceptors (Lipinski definition) is 5. The van der Waals surface area contributed by atoms with E-state index in [1.54, 1.807) is 12.1 Å². The lowest BCUT2D eigenvalue weighted by Gasteiger charge is -2.18. The molecule has 40 heavy (non-hydrogen) atoms. The first kappa shape index (κ1) is 36.1. The van der Waals surface area contributed by atoms with Gasteiger partial charge in [0.2, 0.25) is 0 Å². The molecule has 0 spiro atoms. The van der Waals surface area contributed by atoms with E-state index in [1.807, 2.05) is 0 Å². The lowest BCUT2D eigenvalue weighted by atomic mass is 10.0. The molecule has 0 aliphatic carbocycles. The van der Waals surface area contributed by atoms with Crippen LogP contribution in [0.5, 0.6) is 0 Å². The zero-order valence-electron chi connectivity index (χ0n) is 25.4. The van der Waals surface area contributed by atoms with Crippen LogP contribution in [0.25, 0.3) is 0 Å². The molecule has 0 heterocycles. The van der Waals surface area contributed by atoms with Crippen molar-refractivity contribution in [2.24, 2.45) is 0 Å². The molecule has 0 fully saturated rings. The van der Waals surface area contributed by atoms with Crippen LogP contribution >= 0.6 is 11.6 Å². The Morgan fingerprint density at radius 1 is 0.625 bits per heavy atom. The highest BCUT2D eigenvalue weighted by molar-refractivity contribution is 6.67. The molecule has 0 aliphatic heterocycles. The number of halogens is 1. The zero-order chi connectivity index (χ0) is 29.3. The molecule has 0 bridgehead atoms. The molecule has 0 unspecified atom stereocenters. The fourth-order valence-electron chi connectivity index (χ4n) is 4.88. The van der Waals surface area contributed by atoms with Crippen molar-refractivity contribution in [1.29, 1.82) is 0 Å². The number of benzene rings is 1. The van der Waals surface area contributed by atoms with Crippen LogP contribution in [-0.4, -0.2) is 29.9 Å². The summed E-state index contributed by atoms with van der Waals surface area (Å²) in [4.78, 5) is 35.7. The van der Waals surface area contributed by atoms with Gasteiger partial charge in [0.15, 0.2) is 0 Å². The molecular weight excluding hydrogens is 524 g/mol. The van der Waals surface area contributed by atoms with E-state index >= 15 is 0 Å². The third kappa shape index (κ3) is 19.2. The second-order valence-corrected chi connectivity index (χ2v) is 11.4. The van der Waals surface area contributed by atoms with Crippen molar-refractivity contribution in [2.45, 2.75) is 155 Å². The average molecular weight is 579 g/mol. The highest BCUT2D eigenvalue weighted by Gasteiger charge is 2.14. The summed E-state index contributed by atoms with van der Waals surface area (Å²) in [7, 11) is 0. The molecule has 0 aromatic heterocycles. The van der Waals surface area contributed by atoms with Gasteiger partial charge >= 0.3 is 11.9 Å². The van der Waals surface area contributed by atoms with E-state index in [2.05, 4.69) is 13.8 Å². The second kappa shape index (κ2) is 24.9. The van der Waals surface area contributed by atoms with Gasteiger partial charge in [-0.1, -0.05) is 104 Å². The van der Waals surface area contributed by atoms with Crippen LogP contribution in [0.2, 0.25) is 0 Å². The Morgan fingerprint density at radius 2 is 1.07 bits per heavy atom. The average Bonchev–Trinajstić information content (AvgIpc) is 2.95. The summed E-state index contributed by atoms with van der Waals surface area (Å²) < 4.78 is 11.2. The molecule has 0 aliphatic rings. The van der Waals surface area contributed by atoms with Crippen molar-refractivity contribution in [1.82, 2.24) is 0 Å². The Kier molecular flexibility index (Phi) is 22.5. The summed E-state index contributed by atoms with van der Waals surface area (Å²) in [5.74, 6) is -0.421. The van der Waals surface area contributed by atoms with Gasteiger partial charge in [-0.05, 0) is 74.4 Å². The molecule has 1 aromatic carbocycles. The van der Waals surface area contributed by atoms with E-state index in [0.717, 1.165) is 64.2 Å². The molecule has 0 N–H and O–H groups in total. The molecule has 1 rings (SSSR count). The third-order valence-corrected chi connectivity index (χ3v) is 7.63. The monoisotopic (exact) mass is 578 g/mol. The van der Waals surface area contributed by atoms with E-state index in [0.29, 0.717) is 24.2 Å². The molecule has 0 saturated heterocycles. The lowest BCUT2D eigenvalue weighted by Crippen LogP contribution is -2.18. The molecule has 5 nitrogen and oxygen atoms in total. The van der Waals surface area contributed by atoms with Crippen LogP contribution < -0.4 is 0 Å². The number of ether oxygens (including phenoxy) is 2. The summed E-state index contributed by atoms with van der Waals surface area (Å²) in [5.41, 5.74) is 0.766. The lowest BCUT2D eigenvalue weighted by molar-refractivity contribution is -0.150. The van der Waals surface area contributed by atoms with Crippen LogP contribution in [0.1, 0.15) is 169 Å². The van der Waals surface area contributed by atoms with Gasteiger partial charge in [0.05, 0.1) is 12.2 Å². The summed E-state index contributed by atoms with van der Waals surface area (Å²) in [6.45, 7) is 4.86. The van der Waals surface area contributed by atoms with Gasteiger partial charge in [-0.25, -0.2) is 4.79 Å². The Hall–Kier alpha value is -1.88. The number of rotatable bonds is 26. The second-order valence-electron chi connectivity index (χ2n) is 11.1. The van der Waals surface area contributed by atoms with Crippen LogP contribution in [0.4, 0.5) is 0 Å². The molecule has 6 heteroatoms. The first-order valence-electron chi connectivity index (χ1n) is 16.1. The molecule has 0 amide bonds.